The Hall–Kier alpha value is -1.53. The van der Waals surface area contributed by atoms with E-state index in [0.717, 1.165) is 6.07 Å². The number of halogens is 4. The fraction of sp³-hybridized carbons (Fsp3) is 0.200. The lowest BCUT2D eigenvalue weighted by Gasteiger charge is -2.19. The summed E-state index contributed by atoms with van der Waals surface area (Å²) in [7, 11) is 1.49. The Morgan fingerprint density at radius 2 is 1.86 bits per heavy atom. The fourth-order valence-corrected chi connectivity index (χ4v) is 2.42. The van der Waals surface area contributed by atoms with Crippen LogP contribution in [0.25, 0.3) is 0 Å². The van der Waals surface area contributed by atoms with Crippen molar-refractivity contribution in [1.29, 1.82) is 0 Å². The zero-order chi connectivity index (χ0) is 15.6. The Balaban J connectivity index is 2.50. The molecular formula is C15H13BrF3NO. The lowest BCUT2D eigenvalue weighted by atomic mass is 9.95. The van der Waals surface area contributed by atoms with Crippen LogP contribution in [-0.2, 0) is 6.18 Å². The Morgan fingerprint density at radius 3 is 2.48 bits per heavy atom. The molecule has 6 heteroatoms. The number of hydrogen-bond donors (Lipinski definition) is 1. The first-order valence-corrected chi connectivity index (χ1v) is 6.88. The van der Waals surface area contributed by atoms with E-state index in [-0.39, 0.29) is 5.56 Å². The standard InChI is InChI=1S/C15H13BrF3NO/c1-21-11-4-2-3-9(7-11)14(20)12-6-5-10(16)8-13(12)15(17,18)19/h2-8,14H,20H2,1H3. The second-order valence-electron chi connectivity index (χ2n) is 4.48. The maximum Gasteiger partial charge on any atom is 0.416 e. The Morgan fingerprint density at radius 1 is 1.14 bits per heavy atom. The van der Waals surface area contributed by atoms with Crippen LogP contribution in [0.5, 0.6) is 5.75 Å². The van der Waals surface area contributed by atoms with Crippen LogP contribution in [0.1, 0.15) is 22.7 Å². The minimum atomic E-state index is -4.46. The van der Waals surface area contributed by atoms with Gasteiger partial charge in [-0.3, -0.25) is 0 Å². The van der Waals surface area contributed by atoms with E-state index in [2.05, 4.69) is 15.9 Å². The average Bonchev–Trinajstić information content (AvgIpc) is 2.45. The lowest BCUT2D eigenvalue weighted by Crippen LogP contribution is -2.18. The third-order valence-corrected chi connectivity index (χ3v) is 3.60. The van der Waals surface area contributed by atoms with Gasteiger partial charge in [0.2, 0.25) is 0 Å². The highest BCUT2D eigenvalue weighted by Gasteiger charge is 2.35. The molecule has 2 N–H and O–H groups in total. The zero-order valence-corrected chi connectivity index (χ0v) is 12.7. The molecule has 21 heavy (non-hydrogen) atoms. The van der Waals surface area contributed by atoms with Gasteiger partial charge >= 0.3 is 6.18 Å². The minimum Gasteiger partial charge on any atom is -0.497 e. The van der Waals surface area contributed by atoms with E-state index in [0.29, 0.717) is 15.8 Å². The van der Waals surface area contributed by atoms with Crippen LogP contribution >= 0.6 is 15.9 Å². The Bertz CT molecular complexity index is 643. The van der Waals surface area contributed by atoms with Gasteiger partial charge < -0.3 is 10.5 Å². The van der Waals surface area contributed by atoms with Crippen molar-refractivity contribution in [2.24, 2.45) is 5.73 Å². The molecule has 0 heterocycles. The normalized spacial score (nSPS) is 13.0. The summed E-state index contributed by atoms with van der Waals surface area (Å²) in [4.78, 5) is 0. The maximum absolute atomic E-state index is 13.1. The van der Waals surface area contributed by atoms with Gasteiger partial charge in [0.25, 0.3) is 0 Å². The molecule has 0 saturated heterocycles. The van der Waals surface area contributed by atoms with Gasteiger partial charge in [-0.05, 0) is 35.4 Å². The molecule has 0 saturated carbocycles. The predicted octanol–water partition coefficient (Wildman–Crippen LogP) is 4.52. The molecule has 1 unspecified atom stereocenters. The summed E-state index contributed by atoms with van der Waals surface area (Å²) in [6.07, 6.45) is -4.46. The summed E-state index contributed by atoms with van der Waals surface area (Å²) >= 11 is 3.06. The smallest absolute Gasteiger partial charge is 0.416 e. The number of benzene rings is 2. The van der Waals surface area contributed by atoms with E-state index >= 15 is 0 Å². The molecule has 2 nitrogen and oxygen atoms in total. The van der Waals surface area contributed by atoms with Crippen LogP contribution in [0.3, 0.4) is 0 Å². The molecule has 0 spiro atoms. The topological polar surface area (TPSA) is 35.2 Å². The quantitative estimate of drug-likeness (QED) is 0.873. The third-order valence-electron chi connectivity index (χ3n) is 3.11. The van der Waals surface area contributed by atoms with Gasteiger partial charge in [0.15, 0.2) is 0 Å². The second kappa shape index (κ2) is 6.07. The number of nitrogens with two attached hydrogens (primary N) is 1. The number of alkyl halides is 3. The van der Waals surface area contributed by atoms with E-state index in [1.54, 1.807) is 30.3 Å². The Kier molecular flexibility index (Phi) is 4.58. The molecular weight excluding hydrogens is 347 g/mol. The summed E-state index contributed by atoms with van der Waals surface area (Å²) in [5.74, 6) is 0.550. The first kappa shape index (κ1) is 15.9. The molecule has 0 aliphatic heterocycles. The molecule has 112 valence electrons. The van der Waals surface area contributed by atoms with Crippen molar-refractivity contribution in [2.45, 2.75) is 12.2 Å². The van der Waals surface area contributed by atoms with E-state index in [1.165, 1.54) is 13.2 Å². The molecule has 0 bridgehead atoms. The zero-order valence-electron chi connectivity index (χ0n) is 11.1. The number of hydrogen-bond acceptors (Lipinski definition) is 2. The largest absolute Gasteiger partial charge is 0.497 e. The van der Waals surface area contributed by atoms with Gasteiger partial charge in [-0.1, -0.05) is 34.1 Å². The summed E-state index contributed by atoms with van der Waals surface area (Å²) in [5, 5.41) is 0. The van der Waals surface area contributed by atoms with Gasteiger partial charge in [0.1, 0.15) is 5.75 Å². The first-order valence-electron chi connectivity index (χ1n) is 6.09. The van der Waals surface area contributed by atoms with Crippen LogP contribution in [0.2, 0.25) is 0 Å². The summed E-state index contributed by atoms with van der Waals surface area (Å²) in [5.41, 5.74) is 5.86. The molecule has 2 aromatic rings. The monoisotopic (exact) mass is 359 g/mol. The molecule has 0 aliphatic carbocycles. The summed E-state index contributed by atoms with van der Waals surface area (Å²) in [6.45, 7) is 0. The number of rotatable bonds is 3. The highest BCUT2D eigenvalue weighted by atomic mass is 79.9. The number of ether oxygens (including phenoxy) is 1. The van der Waals surface area contributed by atoms with Crippen LogP contribution in [0.4, 0.5) is 13.2 Å². The Labute approximate surface area is 128 Å². The maximum atomic E-state index is 13.1. The van der Waals surface area contributed by atoms with Gasteiger partial charge in [-0.25, -0.2) is 0 Å². The van der Waals surface area contributed by atoms with Crippen LogP contribution in [-0.4, -0.2) is 7.11 Å². The van der Waals surface area contributed by atoms with Crippen LogP contribution in [0, 0.1) is 0 Å². The molecule has 0 aromatic heterocycles. The lowest BCUT2D eigenvalue weighted by molar-refractivity contribution is -0.138. The van der Waals surface area contributed by atoms with E-state index in [1.807, 2.05) is 0 Å². The molecule has 0 aliphatic rings. The molecule has 1 atom stereocenters. The third kappa shape index (κ3) is 3.57. The number of methoxy groups -OCH3 is 1. The van der Waals surface area contributed by atoms with Gasteiger partial charge in [-0.15, -0.1) is 0 Å². The van der Waals surface area contributed by atoms with Crippen molar-refractivity contribution in [3.8, 4) is 5.75 Å². The second-order valence-corrected chi connectivity index (χ2v) is 5.40. The van der Waals surface area contributed by atoms with E-state index in [4.69, 9.17) is 10.5 Å². The van der Waals surface area contributed by atoms with Crippen molar-refractivity contribution < 1.29 is 17.9 Å². The fourth-order valence-electron chi connectivity index (χ4n) is 2.06. The van der Waals surface area contributed by atoms with E-state index < -0.39 is 17.8 Å². The summed E-state index contributed by atoms with van der Waals surface area (Å²) < 4.78 is 44.9. The SMILES string of the molecule is COc1cccc(C(N)c2ccc(Br)cc2C(F)(F)F)c1. The highest BCUT2D eigenvalue weighted by Crippen LogP contribution is 2.37. The van der Waals surface area contributed by atoms with Crippen LogP contribution < -0.4 is 10.5 Å². The van der Waals surface area contributed by atoms with E-state index in [9.17, 15) is 13.2 Å². The van der Waals surface area contributed by atoms with Crippen LogP contribution in [0.15, 0.2) is 46.9 Å². The molecule has 0 radical (unpaired) electrons. The van der Waals surface area contributed by atoms with Crippen molar-refractivity contribution in [3.05, 3.63) is 63.6 Å². The average molecular weight is 360 g/mol. The molecule has 0 fully saturated rings. The molecule has 0 amide bonds. The van der Waals surface area contributed by atoms with Gasteiger partial charge in [-0.2, -0.15) is 13.2 Å². The first-order chi connectivity index (χ1) is 9.82. The minimum absolute atomic E-state index is 0.0268. The van der Waals surface area contributed by atoms with Crippen molar-refractivity contribution in [1.82, 2.24) is 0 Å². The summed E-state index contributed by atoms with van der Waals surface area (Å²) in [6, 6.07) is 9.80. The van der Waals surface area contributed by atoms with Crippen molar-refractivity contribution >= 4 is 15.9 Å². The van der Waals surface area contributed by atoms with Gasteiger partial charge in [0, 0.05) is 4.47 Å². The van der Waals surface area contributed by atoms with Gasteiger partial charge in [0.05, 0.1) is 18.7 Å². The predicted molar refractivity (Wildman–Crippen MR) is 78.2 cm³/mol. The molecule has 2 rings (SSSR count). The highest BCUT2D eigenvalue weighted by molar-refractivity contribution is 9.10. The molecule has 2 aromatic carbocycles. The van der Waals surface area contributed by atoms with Crippen molar-refractivity contribution in [2.75, 3.05) is 7.11 Å². The van der Waals surface area contributed by atoms with Crippen molar-refractivity contribution in [3.63, 3.8) is 0 Å².